The van der Waals surface area contributed by atoms with Gasteiger partial charge in [0.1, 0.15) is 0 Å². The van der Waals surface area contributed by atoms with Crippen LogP contribution in [0.1, 0.15) is 45.6 Å². The molecule has 0 radical (unpaired) electrons. The molecule has 16 rings (SSSR count). The third-order valence-electron chi connectivity index (χ3n) is 16.5. The van der Waals surface area contributed by atoms with Crippen LogP contribution in [0.25, 0.3) is 171 Å². The summed E-state index contributed by atoms with van der Waals surface area (Å²) < 4.78 is 0.837. The molecule has 0 amide bonds. The van der Waals surface area contributed by atoms with E-state index >= 15 is 0 Å². The van der Waals surface area contributed by atoms with Gasteiger partial charge in [0, 0.05) is 97.7 Å². The van der Waals surface area contributed by atoms with E-state index in [2.05, 4.69) is 188 Å². The number of hydrogen-bond donors (Lipinski definition) is 4. The van der Waals surface area contributed by atoms with Crippen LogP contribution in [0.4, 0.5) is 0 Å². The number of aromatic nitrogens is 8. The zero-order valence-electron chi connectivity index (χ0n) is 46.9. The van der Waals surface area contributed by atoms with Crippen LogP contribution in [-0.4, -0.2) is 39.9 Å². The van der Waals surface area contributed by atoms with Crippen molar-refractivity contribution in [3.8, 4) is 77.9 Å². The standard InChI is InChI=1S/C76H45BrCl4N8/c77-75-65-39-37-59(87-65)68(42-7-3-1-4-8-42)53-32-35-63(85-53)74(64-36-33-54(86-64)69(43-9-5-2-6-10-43)60-38-40-66(75)88-60)52-41-67-72(46-15-23-50(80)24-16-46)61-30-29-57(83-61)70(44-11-19-48(78)20-12-44)55-27-28-56(82-55)71(45-13-21-49(79)22-14-45)58-31-34-62(84-58)73(76(52)89-67)47-17-25-51(81)26-18-47/h1-41,82,85,88-89H. The van der Waals surface area contributed by atoms with E-state index in [4.69, 9.17) is 66.3 Å². The van der Waals surface area contributed by atoms with Crippen LogP contribution < -0.4 is 0 Å². The van der Waals surface area contributed by atoms with Crippen LogP contribution in [0, 0.1) is 0 Å². The van der Waals surface area contributed by atoms with Gasteiger partial charge in [0.05, 0.1) is 61.1 Å². The van der Waals surface area contributed by atoms with Crippen LogP contribution >= 0.6 is 62.3 Å². The largest absolute Gasteiger partial charge is 0.354 e. The lowest BCUT2D eigenvalue weighted by Crippen LogP contribution is -1.91. The van der Waals surface area contributed by atoms with E-state index in [0.29, 0.717) is 25.8 Å². The van der Waals surface area contributed by atoms with Gasteiger partial charge in [-0.25, -0.2) is 19.9 Å². The first-order valence-corrected chi connectivity index (χ1v) is 31.1. The first-order valence-electron chi connectivity index (χ1n) is 28.8. The minimum atomic E-state index is 0.597. The average Bonchev–Trinajstić information content (AvgIpc) is 2.38. The van der Waals surface area contributed by atoms with Gasteiger partial charge in [-0.3, -0.25) is 0 Å². The third kappa shape index (κ3) is 9.98. The van der Waals surface area contributed by atoms with Gasteiger partial charge in [-0.05, 0) is 189 Å². The van der Waals surface area contributed by atoms with E-state index in [1.54, 1.807) is 0 Å². The molecule has 0 spiro atoms. The Morgan fingerprint density at radius 2 is 0.517 bits per heavy atom. The van der Waals surface area contributed by atoms with Gasteiger partial charge >= 0.3 is 0 Å². The van der Waals surface area contributed by atoms with E-state index in [-0.39, 0.29) is 0 Å². The van der Waals surface area contributed by atoms with Crippen molar-refractivity contribution in [2.45, 2.75) is 0 Å². The fraction of sp³-hybridized carbons (Fsp3) is 0. The van der Waals surface area contributed by atoms with Crippen molar-refractivity contribution in [1.29, 1.82) is 0 Å². The Balaban J connectivity index is 1.13. The quantitative estimate of drug-likeness (QED) is 0.127. The molecule has 0 unspecified atom stereocenters. The van der Waals surface area contributed by atoms with Crippen LogP contribution in [0.2, 0.25) is 20.1 Å². The topological polar surface area (TPSA) is 115 Å². The minimum Gasteiger partial charge on any atom is -0.354 e. The predicted octanol–water partition coefficient (Wildman–Crippen LogP) is 22.7. The molecule has 0 saturated heterocycles. The van der Waals surface area contributed by atoms with Crippen LogP contribution in [0.5, 0.6) is 0 Å². The Hall–Kier alpha value is -9.84. The maximum Gasteiger partial charge on any atom is 0.0801 e. The SMILES string of the molecule is Clc1ccc(-c2c3nc(c(-c4ccc(Cl)cc4)c4cc(-c5c6nc(c(-c7ccccc7)c7ccc([nH]7)c(Br)c7nc(c(-c8ccccc8)c8ccc5[nH]8)C=C7)C=C6)c([nH]4)c(-c4ccc(Cl)cc4)c4nc(c(-c5ccc(Cl)cc5)c5ccc2[nH]5)C=C4)C=C3)cc1. The maximum atomic E-state index is 6.82. The molecule has 0 saturated carbocycles. The van der Waals surface area contributed by atoms with Crippen molar-refractivity contribution < 1.29 is 0 Å². The Morgan fingerprint density at radius 1 is 0.247 bits per heavy atom. The van der Waals surface area contributed by atoms with Crippen LogP contribution in [-0.2, 0) is 0 Å². The van der Waals surface area contributed by atoms with Crippen molar-refractivity contribution in [3.05, 3.63) is 270 Å². The molecule has 0 atom stereocenters. The zero-order valence-corrected chi connectivity index (χ0v) is 51.5. The number of H-pyrrole nitrogens is 4. The Labute approximate surface area is 539 Å². The lowest BCUT2D eigenvalue weighted by Gasteiger charge is -2.09. The molecular weight excluding hydrogens is 1250 g/mol. The molecule has 4 N–H and O–H groups in total. The van der Waals surface area contributed by atoms with Crippen molar-refractivity contribution in [1.82, 2.24) is 39.9 Å². The maximum absolute atomic E-state index is 6.82. The first-order chi connectivity index (χ1) is 43.6. The van der Waals surface area contributed by atoms with Crippen LogP contribution in [0.3, 0.4) is 0 Å². The predicted molar refractivity (Wildman–Crippen MR) is 377 cm³/mol. The van der Waals surface area contributed by atoms with Crippen molar-refractivity contribution in [3.63, 3.8) is 0 Å². The lowest BCUT2D eigenvalue weighted by atomic mass is 9.97. The summed E-state index contributed by atoms with van der Waals surface area (Å²) in [5, 5.41) is 2.45. The molecule has 0 aliphatic carbocycles. The molecule has 6 aromatic heterocycles. The Bertz CT molecular complexity index is 5350. The van der Waals surface area contributed by atoms with E-state index < -0.39 is 0 Å². The van der Waals surface area contributed by atoms with Crippen LogP contribution in [0.15, 0.2) is 205 Å². The number of halogens is 5. The molecule has 6 aromatic carbocycles. The average molecular weight is 1290 g/mol. The molecule has 0 fully saturated rings. The summed E-state index contributed by atoms with van der Waals surface area (Å²) in [7, 11) is 0. The normalized spacial score (nSPS) is 12.4. The highest BCUT2D eigenvalue weighted by Crippen LogP contribution is 2.46. The summed E-state index contributed by atoms with van der Waals surface area (Å²) in [5.74, 6) is 0. The molecule has 4 aliphatic heterocycles. The summed E-state index contributed by atoms with van der Waals surface area (Å²) in [6, 6.07) is 67.4. The highest BCUT2D eigenvalue weighted by atomic mass is 79.9. The molecule has 13 heteroatoms. The Kier molecular flexibility index (Phi) is 13.7. The smallest absolute Gasteiger partial charge is 0.0801 e. The number of rotatable bonds is 7. The summed E-state index contributed by atoms with van der Waals surface area (Å²) in [6.07, 6.45) is 16.7. The molecule has 8 nitrogen and oxygen atoms in total. The fourth-order valence-corrected chi connectivity index (χ4v) is 13.4. The highest BCUT2D eigenvalue weighted by molar-refractivity contribution is 9.10. The molecule has 10 heterocycles. The highest BCUT2D eigenvalue weighted by Gasteiger charge is 2.25. The summed E-state index contributed by atoms with van der Waals surface area (Å²) >= 11 is 30.8. The molecule has 89 heavy (non-hydrogen) atoms. The summed E-state index contributed by atoms with van der Waals surface area (Å²) in [4.78, 5) is 38.2. The van der Waals surface area contributed by atoms with E-state index in [9.17, 15) is 0 Å². The number of nitrogens with zero attached hydrogens (tertiary/aromatic N) is 4. The Morgan fingerprint density at radius 3 is 0.899 bits per heavy atom. The van der Waals surface area contributed by atoms with Crippen molar-refractivity contribution in [2.24, 2.45) is 0 Å². The summed E-state index contributed by atoms with van der Waals surface area (Å²) in [5.41, 5.74) is 25.2. The number of benzene rings is 6. The number of aromatic amines is 4. The number of fused-ring (bicyclic) bond motifs is 16. The van der Waals surface area contributed by atoms with Gasteiger partial charge in [0.2, 0.25) is 0 Å². The molecule has 16 bridgehead atoms. The van der Waals surface area contributed by atoms with E-state index in [0.717, 1.165) is 166 Å². The second kappa shape index (κ2) is 22.4. The fourth-order valence-electron chi connectivity index (χ4n) is 12.4. The zero-order chi connectivity index (χ0) is 59.9. The number of hydrogen-bond acceptors (Lipinski definition) is 4. The molecule has 424 valence electrons. The van der Waals surface area contributed by atoms with Gasteiger partial charge in [-0.1, -0.05) is 156 Å². The van der Waals surface area contributed by atoms with Crippen molar-refractivity contribution >= 4 is 155 Å². The van der Waals surface area contributed by atoms with Gasteiger partial charge in [0.25, 0.3) is 0 Å². The second-order valence-electron chi connectivity index (χ2n) is 21.9. The van der Waals surface area contributed by atoms with Gasteiger partial charge in [0.15, 0.2) is 0 Å². The lowest BCUT2D eigenvalue weighted by molar-refractivity contribution is 1.30. The minimum absolute atomic E-state index is 0.597. The molecular formula is C76H45BrCl4N8. The monoisotopic (exact) mass is 1290 g/mol. The van der Waals surface area contributed by atoms with E-state index in [1.165, 1.54) is 0 Å². The molecule has 4 aliphatic rings. The van der Waals surface area contributed by atoms with Crippen molar-refractivity contribution in [2.75, 3.05) is 0 Å². The number of nitrogens with one attached hydrogen (secondary N) is 4. The van der Waals surface area contributed by atoms with Gasteiger partial charge < -0.3 is 19.9 Å². The second-order valence-corrected chi connectivity index (χ2v) is 24.4. The first kappa shape index (κ1) is 54.5. The van der Waals surface area contributed by atoms with Gasteiger partial charge in [-0.2, -0.15) is 0 Å². The molecule has 12 aromatic rings. The summed E-state index contributed by atoms with van der Waals surface area (Å²) in [6.45, 7) is 0. The van der Waals surface area contributed by atoms with E-state index in [1.807, 2.05) is 97.1 Å². The third-order valence-corrected chi connectivity index (χ3v) is 18.3. The van der Waals surface area contributed by atoms with Gasteiger partial charge in [-0.15, -0.1) is 0 Å².